The predicted molar refractivity (Wildman–Crippen MR) is 183 cm³/mol. The number of rotatable bonds is 8. The molecule has 2 aliphatic heterocycles. The summed E-state index contributed by atoms with van der Waals surface area (Å²) < 4.78 is 1.69. The van der Waals surface area contributed by atoms with Gasteiger partial charge in [0.15, 0.2) is 0 Å². The second-order valence-corrected chi connectivity index (χ2v) is 12.2. The number of anilines is 2. The van der Waals surface area contributed by atoms with Gasteiger partial charge in [-0.3, -0.25) is 9.36 Å². The van der Waals surface area contributed by atoms with Crippen molar-refractivity contribution < 1.29 is 5.11 Å². The first-order valence-electron chi connectivity index (χ1n) is 15.9. The Hall–Kier alpha value is -4.66. The second-order valence-electron chi connectivity index (χ2n) is 12.2. The summed E-state index contributed by atoms with van der Waals surface area (Å²) in [4.78, 5) is 23.0. The van der Waals surface area contributed by atoms with E-state index in [0.717, 1.165) is 83.0 Å². The highest BCUT2D eigenvalue weighted by Crippen LogP contribution is 2.41. The molecule has 0 amide bonds. The van der Waals surface area contributed by atoms with E-state index in [1.54, 1.807) is 4.57 Å². The Morgan fingerprint density at radius 1 is 1.11 bits per heavy atom. The molecule has 8 nitrogen and oxygen atoms in total. The number of allylic oxidation sites excluding steroid dienone is 2. The van der Waals surface area contributed by atoms with Crippen molar-refractivity contribution in [1.29, 1.82) is 0 Å². The minimum Gasteiger partial charge on any atom is -0.392 e. The molecular weight excluding hydrogens is 560 g/mol. The average molecular weight is 601 g/mol. The molecule has 4 aromatic rings. The highest BCUT2D eigenvalue weighted by atomic mass is 16.3. The molecule has 0 bridgehead atoms. The van der Waals surface area contributed by atoms with Gasteiger partial charge in [0.05, 0.1) is 41.0 Å². The van der Waals surface area contributed by atoms with Gasteiger partial charge >= 0.3 is 0 Å². The SMILES string of the molecule is C=C1C(Nc2ccc(N3CCNCC3)cn2)=CC(c2cccc(-n3ccc4cc(C5CC5)cc(CC)c4c3=O)c2CO)=CN1C. The first kappa shape index (κ1) is 29.1. The molecule has 1 saturated heterocycles. The monoisotopic (exact) mass is 600 g/mol. The van der Waals surface area contributed by atoms with E-state index in [4.69, 9.17) is 0 Å². The Bertz CT molecular complexity index is 1900. The van der Waals surface area contributed by atoms with Crippen molar-refractivity contribution in [3.63, 3.8) is 0 Å². The number of nitrogens with one attached hydrogen (secondary N) is 2. The second kappa shape index (κ2) is 12.0. The fourth-order valence-electron chi connectivity index (χ4n) is 6.56. The fraction of sp³-hybridized carbons (Fsp3) is 0.297. The van der Waals surface area contributed by atoms with E-state index in [1.165, 1.54) is 18.4 Å². The van der Waals surface area contributed by atoms with Crippen LogP contribution in [-0.4, -0.2) is 52.8 Å². The molecule has 2 aromatic carbocycles. The van der Waals surface area contributed by atoms with Gasteiger partial charge in [0.2, 0.25) is 0 Å². The molecule has 0 radical (unpaired) electrons. The zero-order valence-electron chi connectivity index (χ0n) is 26.0. The zero-order chi connectivity index (χ0) is 31.1. The Balaban J connectivity index is 1.23. The lowest BCUT2D eigenvalue weighted by atomic mass is 9.95. The summed E-state index contributed by atoms with van der Waals surface area (Å²) in [7, 11) is 1.95. The van der Waals surface area contributed by atoms with Crippen LogP contribution < -0.4 is 21.1 Å². The van der Waals surface area contributed by atoms with Crippen LogP contribution in [0.15, 0.2) is 96.0 Å². The lowest BCUT2D eigenvalue weighted by Gasteiger charge is -2.29. The maximum atomic E-state index is 14.0. The molecule has 3 N–H and O–H groups in total. The van der Waals surface area contributed by atoms with E-state index < -0.39 is 0 Å². The van der Waals surface area contributed by atoms with Crippen molar-refractivity contribution in [1.82, 2.24) is 19.8 Å². The largest absolute Gasteiger partial charge is 0.392 e. The Kier molecular flexibility index (Phi) is 7.77. The number of piperazine rings is 1. The van der Waals surface area contributed by atoms with Crippen LogP contribution in [0.25, 0.3) is 22.0 Å². The number of pyridine rings is 2. The Morgan fingerprint density at radius 3 is 2.64 bits per heavy atom. The smallest absolute Gasteiger partial charge is 0.263 e. The summed E-state index contributed by atoms with van der Waals surface area (Å²) in [6, 6.07) is 16.4. The van der Waals surface area contributed by atoms with Crippen molar-refractivity contribution in [2.24, 2.45) is 0 Å². The molecule has 7 rings (SSSR count). The zero-order valence-corrected chi connectivity index (χ0v) is 26.0. The highest BCUT2D eigenvalue weighted by Gasteiger charge is 2.25. The molecular formula is C37H40N6O2. The van der Waals surface area contributed by atoms with Crippen LogP contribution in [0.2, 0.25) is 0 Å². The van der Waals surface area contributed by atoms with E-state index in [9.17, 15) is 9.90 Å². The normalized spacial score (nSPS) is 17.0. The number of aliphatic hydroxyl groups is 1. The molecule has 2 fully saturated rings. The van der Waals surface area contributed by atoms with Gasteiger partial charge in [0, 0.05) is 56.8 Å². The molecule has 0 spiro atoms. The van der Waals surface area contributed by atoms with Crippen LogP contribution in [0.4, 0.5) is 11.5 Å². The molecule has 3 aliphatic rings. The molecule has 45 heavy (non-hydrogen) atoms. The van der Waals surface area contributed by atoms with Gasteiger partial charge < -0.3 is 25.5 Å². The van der Waals surface area contributed by atoms with Crippen molar-refractivity contribution in [3.8, 4) is 5.69 Å². The van der Waals surface area contributed by atoms with E-state index in [1.807, 2.05) is 66.9 Å². The van der Waals surface area contributed by atoms with Gasteiger partial charge in [0.1, 0.15) is 5.82 Å². The van der Waals surface area contributed by atoms with Gasteiger partial charge in [-0.05, 0) is 77.6 Å². The van der Waals surface area contributed by atoms with Crippen LogP contribution in [0.3, 0.4) is 0 Å². The van der Waals surface area contributed by atoms with Gasteiger partial charge in [0.25, 0.3) is 5.56 Å². The summed E-state index contributed by atoms with van der Waals surface area (Å²) in [6.07, 6.45) is 11.0. The van der Waals surface area contributed by atoms with Crippen molar-refractivity contribution in [2.45, 2.75) is 38.7 Å². The molecule has 8 heteroatoms. The number of aromatic nitrogens is 2. The predicted octanol–water partition coefficient (Wildman–Crippen LogP) is 5.52. The number of benzene rings is 2. The van der Waals surface area contributed by atoms with E-state index >= 15 is 0 Å². The summed E-state index contributed by atoms with van der Waals surface area (Å²) in [6.45, 7) is 10.1. The molecule has 0 atom stereocenters. The lowest BCUT2D eigenvalue weighted by Crippen LogP contribution is -2.43. The van der Waals surface area contributed by atoms with Crippen LogP contribution in [0.5, 0.6) is 0 Å². The van der Waals surface area contributed by atoms with Crippen molar-refractivity contribution in [3.05, 3.63) is 124 Å². The molecule has 4 heterocycles. The highest BCUT2D eigenvalue weighted by molar-refractivity contribution is 5.87. The minimum absolute atomic E-state index is 0.0603. The van der Waals surface area contributed by atoms with Crippen molar-refractivity contribution >= 4 is 27.9 Å². The van der Waals surface area contributed by atoms with Crippen LogP contribution in [-0.2, 0) is 13.0 Å². The van der Waals surface area contributed by atoms with Crippen LogP contribution >= 0.6 is 0 Å². The Morgan fingerprint density at radius 2 is 1.93 bits per heavy atom. The topological polar surface area (TPSA) is 85.7 Å². The first-order chi connectivity index (χ1) is 21.9. The van der Waals surface area contributed by atoms with Crippen LogP contribution in [0.1, 0.15) is 47.9 Å². The molecule has 0 unspecified atom stereocenters. The third kappa shape index (κ3) is 5.56. The Labute approximate surface area is 264 Å². The van der Waals surface area contributed by atoms with E-state index in [0.29, 0.717) is 17.2 Å². The average Bonchev–Trinajstić information content (AvgIpc) is 3.93. The summed E-state index contributed by atoms with van der Waals surface area (Å²) in [5.41, 5.74) is 8.20. The third-order valence-electron chi connectivity index (χ3n) is 9.28. The number of hydrogen-bond acceptors (Lipinski definition) is 7. The quantitative estimate of drug-likeness (QED) is 0.246. The number of hydrogen-bond donors (Lipinski definition) is 3. The summed E-state index contributed by atoms with van der Waals surface area (Å²) in [5.74, 6) is 1.35. The molecule has 1 aliphatic carbocycles. The van der Waals surface area contributed by atoms with E-state index in [2.05, 4.69) is 52.2 Å². The lowest BCUT2D eigenvalue weighted by molar-refractivity contribution is 0.281. The number of fused-ring (bicyclic) bond motifs is 1. The first-order valence-corrected chi connectivity index (χ1v) is 15.9. The molecule has 1 saturated carbocycles. The number of aliphatic hydroxyl groups excluding tert-OH is 1. The van der Waals surface area contributed by atoms with Crippen molar-refractivity contribution in [2.75, 3.05) is 43.4 Å². The molecule has 230 valence electrons. The minimum atomic E-state index is -0.217. The van der Waals surface area contributed by atoms with Gasteiger partial charge in [-0.1, -0.05) is 37.8 Å². The number of nitrogens with zero attached hydrogens (tertiary/aromatic N) is 4. The summed E-state index contributed by atoms with van der Waals surface area (Å²) in [5, 5.41) is 19.3. The maximum Gasteiger partial charge on any atom is 0.263 e. The molecule has 2 aromatic heterocycles. The number of aryl methyl sites for hydroxylation is 1. The standard InChI is InChI=1S/C37H40N6O2/c1-4-25-18-28(26-8-9-26)19-27-12-15-43(37(45)36(25)27)34-7-5-6-31(32(34)23-44)29-20-33(24(2)41(3)22-29)40-35-11-10-30(21-39-35)42-16-13-38-14-17-42/h5-7,10-12,15,18-22,26,38,44H,2,4,8-9,13-14,16-17,23H2,1,3H3,(H,39,40). The van der Waals surface area contributed by atoms with Gasteiger partial charge in [-0.15, -0.1) is 0 Å². The van der Waals surface area contributed by atoms with E-state index in [-0.39, 0.29) is 12.2 Å². The summed E-state index contributed by atoms with van der Waals surface area (Å²) >= 11 is 0. The van der Waals surface area contributed by atoms with Gasteiger partial charge in [-0.25, -0.2) is 4.98 Å². The third-order valence-corrected chi connectivity index (χ3v) is 9.28. The fourth-order valence-corrected chi connectivity index (χ4v) is 6.56. The maximum absolute atomic E-state index is 14.0. The van der Waals surface area contributed by atoms with Gasteiger partial charge in [-0.2, -0.15) is 0 Å². The van der Waals surface area contributed by atoms with Crippen LogP contribution in [0, 0.1) is 0 Å². The number of likely N-dealkylation sites (N-methyl/N-ethyl adjacent to an activating group) is 1.